The molecule has 21 heavy (non-hydrogen) atoms. The van der Waals surface area contributed by atoms with Gasteiger partial charge in [-0.15, -0.1) is 0 Å². The number of amides is 2. The molecular weight excluding hydrogens is 288 g/mol. The average Bonchev–Trinajstić information content (AvgIpc) is 2.47. The van der Waals surface area contributed by atoms with Crippen LogP contribution < -0.4 is 10.6 Å². The van der Waals surface area contributed by atoms with Crippen LogP contribution in [0.1, 0.15) is 50.6 Å². The lowest BCUT2D eigenvalue weighted by Gasteiger charge is -2.27. The van der Waals surface area contributed by atoms with Gasteiger partial charge < -0.3 is 15.7 Å². The Bertz CT molecular complexity index is 473. The van der Waals surface area contributed by atoms with Crippen LogP contribution in [0.15, 0.2) is 24.3 Å². The zero-order valence-corrected chi connectivity index (χ0v) is 13.1. The molecule has 5 heteroatoms. The molecule has 1 aromatic carbocycles. The molecule has 1 aromatic rings. The summed E-state index contributed by atoms with van der Waals surface area (Å²) in [6, 6.07) is 7.53. The van der Waals surface area contributed by atoms with Crippen LogP contribution in [0.5, 0.6) is 0 Å². The Morgan fingerprint density at radius 3 is 2.71 bits per heavy atom. The van der Waals surface area contributed by atoms with Crippen LogP contribution in [-0.2, 0) is 0 Å². The highest BCUT2D eigenvalue weighted by atomic mass is 35.5. The molecule has 4 nitrogen and oxygen atoms in total. The normalized spacial score (nSPS) is 23.4. The lowest BCUT2D eigenvalue weighted by Crippen LogP contribution is -2.45. The molecule has 1 saturated carbocycles. The predicted molar refractivity (Wildman–Crippen MR) is 84.4 cm³/mol. The van der Waals surface area contributed by atoms with E-state index in [4.69, 9.17) is 11.6 Å². The standard InChI is InChI=1S/C16H23ClN2O2/c1-2-15(11-4-3-5-12(17)10-11)19-16(21)18-13-6-8-14(20)9-7-13/h3-5,10,13-15,20H,2,6-9H2,1H3,(H2,18,19,21). The predicted octanol–water partition coefficient (Wildman–Crippen LogP) is 3.39. The molecule has 2 amide bonds. The van der Waals surface area contributed by atoms with Gasteiger partial charge in [0.1, 0.15) is 0 Å². The van der Waals surface area contributed by atoms with E-state index in [2.05, 4.69) is 10.6 Å². The number of carbonyl (C=O) groups excluding carboxylic acids is 1. The number of aliphatic hydroxyl groups excluding tert-OH is 1. The van der Waals surface area contributed by atoms with Gasteiger partial charge in [0.05, 0.1) is 12.1 Å². The Kier molecular flexibility index (Phi) is 5.88. The summed E-state index contributed by atoms with van der Waals surface area (Å²) in [7, 11) is 0. The third-order valence-electron chi connectivity index (χ3n) is 4.00. The van der Waals surface area contributed by atoms with Crippen molar-refractivity contribution in [3.8, 4) is 0 Å². The fraction of sp³-hybridized carbons (Fsp3) is 0.562. The van der Waals surface area contributed by atoms with Crippen molar-refractivity contribution in [2.75, 3.05) is 0 Å². The number of nitrogens with one attached hydrogen (secondary N) is 2. The van der Waals surface area contributed by atoms with Crippen LogP contribution in [-0.4, -0.2) is 23.3 Å². The molecule has 1 unspecified atom stereocenters. The summed E-state index contributed by atoms with van der Waals surface area (Å²) in [6.45, 7) is 2.03. The van der Waals surface area contributed by atoms with Crippen molar-refractivity contribution in [1.82, 2.24) is 10.6 Å². The molecule has 1 atom stereocenters. The maximum absolute atomic E-state index is 12.1. The van der Waals surface area contributed by atoms with Gasteiger partial charge in [0.2, 0.25) is 0 Å². The molecule has 1 fully saturated rings. The maximum Gasteiger partial charge on any atom is 0.315 e. The van der Waals surface area contributed by atoms with E-state index in [9.17, 15) is 9.90 Å². The smallest absolute Gasteiger partial charge is 0.315 e. The van der Waals surface area contributed by atoms with Crippen molar-refractivity contribution in [2.45, 2.75) is 57.2 Å². The van der Waals surface area contributed by atoms with Crippen LogP contribution in [0.3, 0.4) is 0 Å². The van der Waals surface area contributed by atoms with Crippen molar-refractivity contribution in [3.05, 3.63) is 34.9 Å². The van der Waals surface area contributed by atoms with Gasteiger partial charge >= 0.3 is 6.03 Å². The molecule has 116 valence electrons. The molecule has 1 aliphatic rings. The van der Waals surface area contributed by atoms with Crippen molar-refractivity contribution < 1.29 is 9.90 Å². The summed E-state index contributed by atoms with van der Waals surface area (Å²) < 4.78 is 0. The lowest BCUT2D eigenvalue weighted by molar-refractivity contribution is 0.117. The van der Waals surface area contributed by atoms with Gasteiger partial charge in [-0.25, -0.2) is 4.79 Å². The number of carbonyl (C=O) groups is 1. The minimum Gasteiger partial charge on any atom is -0.393 e. The largest absolute Gasteiger partial charge is 0.393 e. The van der Waals surface area contributed by atoms with Crippen molar-refractivity contribution in [3.63, 3.8) is 0 Å². The SMILES string of the molecule is CCC(NC(=O)NC1CCC(O)CC1)c1cccc(Cl)c1. The summed E-state index contributed by atoms with van der Waals surface area (Å²) in [5, 5.41) is 16.1. The third kappa shape index (κ3) is 4.90. The minimum absolute atomic E-state index is 0.0436. The Balaban J connectivity index is 1.88. The highest BCUT2D eigenvalue weighted by molar-refractivity contribution is 6.30. The number of aliphatic hydroxyl groups is 1. The van der Waals surface area contributed by atoms with Crippen LogP contribution in [0.25, 0.3) is 0 Å². The topological polar surface area (TPSA) is 61.4 Å². The molecule has 0 aromatic heterocycles. The summed E-state index contributed by atoms with van der Waals surface area (Å²) in [5.41, 5.74) is 1.01. The van der Waals surface area contributed by atoms with Gasteiger partial charge in [-0.2, -0.15) is 0 Å². The van der Waals surface area contributed by atoms with E-state index < -0.39 is 0 Å². The molecule has 0 spiro atoms. The summed E-state index contributed by atoms with van der Waals surface area (Å²) >= 11 is 6.00. The highest BCUT2D eigenvalue weighted by Gasteiger charge is 2.21. The van der Waals surface area contributed by atoms with Gasteiger partial charge in [0, 0.05) is 11.1 Å². The Hall–Kier alpha value is -1.26. The quantitative estimate of drug-likeness (QED) is 0.798. The second kappa shape index (κ2) is 7.66. The second-order valence-electron chi connectivity index (χ2n) is 5.64. The van der Waals surface area contributed by atoms with Crippen LogP contribution in [0.2, 0.25) is 5.02 Å². The summed E-state index contributed by atoms with van der Waals surface area (Å²) in [5.74, 6) is 0. The van der Waals surface area contributed by atoms with Gasteiger partial charge in [-0.3, -0.25) is 0 Å². The minimum atomic E-state index is -0.207. The monoisotopic (exact) mass is 310 g/mol. The Morgan fingerprint density at radius 2 is 2.10 bits per heavy atom. The molecular formula is C16H23ClN2O2. The number of urea groups is 1. The van der Waals surface area contributed by atoms with E-state index in [1.807, 2.05) is 31.2 Å². The first kappa shape index (κ1) is 16.1. The van der Waals surface area contributed by atoms with Crippen molar-refractivity contribution >= 4 is 17.6 Å². The number of hydrogen-bond donors (Lipinski definition) is 3. The van der Waals surface area contributed by atoms with Crippen LogP contribution in [0.4, 0.5) is 4.79 Å². The van der Waals surface area contributed by atoms with Crippen molar-refractivity contribution in [1.29, 1.82) is 0 Å². The first-order valence-corrected chi connectivity index (χ1v) is 7.97. The third-order valence-corrected chi connectivity index (χ3v) is 4.23. The molecule has 0 saturated heterocycles. The van der Waals surface area contributed by atoms with E-state index >= 15 is 0 Å². The summed E-state index contributed by atoms with van der Waals surface area (Å²) in [6.07, 6.45) is 3.79. The number of halogens is 1. The highest BCUT2D eigenvalue weighted by Crippen LogP contribution is 2.21. The first-order chi connectivity index (χ1) is 10.1. The van der Waals surface area contributed by atoms with Gasteiger partial charge in [-0.1, -0.05) is 30.7 Å². The molecule has 0 radical (unpaired) electrons. The number of hydrogen-bond acceptors (Lipinski definition) is 2. The fourth-order valence-electron chi connectivity index (χ4n) is 2.75. The van der Waals surface area contributed by atoms with Gasteiger partial charge in [0.25, 0.3) is 0 Å². The lowest BCUT2D eigenvalue weighted by atomic mass is 9.93. The van der Waals surface area contributed by atoms with Crippen LogP contribution >= 0.6 is 11.6 Å². The zero-order valence-electron chi connectivity index (χ0n) is 12.3. The average molecular weight is 311 g/mol. The fourth-order valence-corrected chi connectivity index (χ4v) is 2.95. The Labute approximate surface area is 130 Å². The number of rotatable bonds is 4. The number of benzene rings is 1. The Morgan fingerprint density at radius 1 is 1.38 bits per heavy atom. The second-order valence-corrected chi connectivity index (χ2v) is 6.08. The van der Waals surface area contributed by atoms with Crippen molar-refractivity contribution in [2.24, 2.45) is 0 Å². The van der Waals surface area contributed by atoms with Crippen LogP contribution in [0, 0.1) is 0 Å². The van der Waals surface area contributed by atoms with Gasteiger partial charge in [-0.05, 0) is 49.8 Å². The first-order valence-electron chi connectivity index (χ1n) is 7.59. The molecule has 2 rings (SSSR count). The molecule has 0 aliphatic heterocycles. The van der Waals surface area contributed by atoms with E-state index in [-0.39, 0.29) is 24.2 Å². The molecule has 1 aliphatic carbocycles. The zero-order chi connectivity index (χ0) is 15.2. The van der Waals surface area contributed by atoms with E-state index in [0.717, 1.165) is 37.7 Å². The molecule has 0 heterocycles. The summed E-state index contributed by atoms with van der Waals surface area (Å²) in [4.78, 5) is 12.1. The van der Waals surface area contributed by atoms with Gasteiger partial charge in [0.15, 0.2) is 0 Å². The molecule has 3 N–H and O–H groups in total. The van der Waals surface area contributed by atoms with E-state index in [1.54, 1.807) is 0 Å². The maximum atomic E-state index is 12.1. The molecule has 0 bridgehead atoms. The van der Waals surface area contributed by atoms with E-state index in [0.29, 0.717) is 5.02 Å². The van der Waals surface area contributed by atoms with E-state index in [1.165, 1.54) is 0 Å².